The van der Waals surface area contributed by atoms with Gasteiger partial charge in [0.05, 0.1) is 5.69 Å². The van der Waals surface area contributed by atoms with Crippen LogP contribution in [0.15, 0.2) is 30.3 Å². The van der Waals surface area contributed by atoms with Gasteiger partial charge in [0.25, 0.3) is 5.91 Å². The second kappa shape index (κ2) is 6.84. The number of aromatic nitrogens is 2. The minimum absolute atomic E-state index is 0.245. The maximum Gasteiger partial charge on any atom is 0.271 e. The first-order chi connectivity index (χ1) is 10.5. The third kappa shape index (κ3) is 3.69. The molecule has 1 aromatic heterocycles. The Hall–Kier alpha value is -2.70. The van der Waals surface area contributed by atoms with Crippen molar-refractivity contribution in [3.8, 4) is 0 Å². The second-order valence-electron chi connectivity index (χ2n) is 4.92. The van der Waals surface area contributed by atoms with Crippen molar-refractivity contribution in [1.29, 1.82) is 0 Å². The third-order valence-electron chi connectivity index (χ3n) is 3.09. The molecular formula is C15H18FN5O. The highest BCUT2D eigenvalue weighted by Gasteiger charge is 2.07. The van der Waals surface area contributed by atoms with Crippen LogP contribution in [0.5, 0.6) is 0 Å². The summed E-state index contributed by atoms with van der Waals surface area (Å²) in [7, 11) is 5.11. The van der Waals surface area contributed by atoms with E-state index in [1.165, 1.54) is 13.1 Å². The zero-order chi connectivity index (χ0) is 16.1. The largest absolute Gasteiger partial charge is 0.375 e. The first kappa shape index (κ1) is 15.7. The summed E-state index contributed by atoms with van der Waals surface area (Å²) in [6.07, 6.45) is 0. The van der Waals surface area contributed by atoms with Crippen molar-refractivity contribution in [1.82, 2.24) is 15.5 Å². The molecule has 1 heterocycles. The van der Waals surface area contributed by atoms with E-state index < -0.39 is 0 Å². The summed E-state index contributed by atoms with van der Waals surface area (Å²) in [6, 6.07) is 8.28. The maximum absolute atomic E-state index is 13.9. The molecule has 1 amide bonds. The van der Waals surface area contributed by atoms with E-state index in [1.807, 2.05) is 6.07 Å². The SMILES string of the molecule is CNC(=O)c1ccc(NCc2ccc(N(C)C)c(F)c2)nn1. The normalized spacial score (nSPS) is 10.2. The molecule has 0 atom stereocenters. The predicted octanol–water partition coefficient (Wildman–Crippen LogP) is 1.65. The fourth-order valence-electron chi connectivity index (χ4n) is 1.89. The molecule has 0 radical (unpaired) electrons. The molecule has 0 bridgehead atoms. The summed E-state index contributed by atoms with van der Waals surface area (Å²) in [5.74, 6) is -0.0458. The minimum Gasteiger partial charge on any atom is -0.375 e. The predicted molar refractivity (Wildman–Crippen MR) is 83.5 cm³/mol. The van der Waals surface area contributed by atoms with Crippen LogP contribution in [-0.4, -0.2) is 37.2 Å². The highest BCUT2D eigenvalue weighted by atomic mass is 19.1. The molecule has 0 aliphatic carbocycles. The van der Waals surface area contributed by atoms with Crippen molar-refractivity contribution in [2.45, 2.75) is 6.54 Å². The van der Waals surface area contributed by atoms with E-state index in [1.54, 1.807) is 37.2 Å². The van der Waals surface area contributed by atoms with Crippen LogP contribution < -0.4 is 15.5 Å². The van der Waals surface area contributed by atoms with Gasteiger partial charge < -0.3 is 15.5 Å². The molecule has 0 aliphatic heterocycles. The van der Waals surface area contributed by atoms with Gasteiger partial charge in [-0.2, -0.15) is 0 Å². The summed E-state index contributed by atoms with van der Waals surface area (Å²) in [6.45, 7) is 0.415. The second-order valence-corrected chi connectivity index (χ2v) is 4.92. The van der Waals surface area contributed by atoms with E-state index in [2.05, 4.69) is 20.8 Å². The van der Waals surface area contributed by atoms with Crippen LogP contribution in [-0.2, 0) is 6.54 Å². The number of nitrogens with one attached hydrogen (secondary N) is 2. The molecule has 0 unspecified atom stereocenters. The average Bonchev–Trinajstić information content (AvgIpc) is 2.52. The van der Waals surface area contributed by atoms with E-state index in [4.69, 9.17) is 0 Å². The average molecular weight is 303 g/mol. The van der Waals surface area contributed by atoms with Gasteiger partial charge in [-0.25, -0.2) is 4.39 Å². The lowest BCUT2D eigenvalue weighted by molar-refractivity contribution is 0.0957. The first-order valence-corrected chi connectivity index (χ1v) is 6.76. The topological polar surface area (TPSA) is 70.2 Å². The van der Waals surface area contributed by atoms with Gasteiger partial charge in [0.1, 0.15) is 11.6 Å². The van der Waals surface area contributed by atoms with Crippen LogP contribution in [0.1, 0.15) is 16.1 Å². The maximum atomic E-state index is 13.9. The Labute approximate surface area is 128 Å². The van der Waals surface area contributed by atoms with Gasteiger partial charge in [-0.05, 0) is 29.8 Å². The van der Waals surface area contributed by atoms with E-state index in [0.717, 1.165) is 5.56 Å². The summed E-state index contributed by atoms with van der Waals surface area (Å²) in [5, 5.41) is 13.2. The lowest BCUT2D eigenvalue weighted by atomic mass is 10.2. The molecule has 7 heteroatoms. The van der Waals surface area contributed by atoms with E-state index in [-0.39, 0.29) is 17.4 Å². The quantitative estimate of drug-likeness (QED) is 0.879. The molecule has 2 aromatic rings. The Morgan fingerprint density at radius 2 is 2.00 bits per heavy atom. The Kier molecular flexibility index (Phi) is 4.88. The number of hydrogen-bond acceptors (Lipinski definition) is 5. The smallest absolute Gasteiger partial charge is 0.271 e. The molecule has 2 rings (SSSR count). The Morgan fingerprint density at radius 1 is 1.23 bits per heavy atom. The molecule has 6 nitrogen and oxygen atoms in total. The molecule has 0 saturated heterocycles. The number of halogens is 1. The summed E-state index contributed by atoms with van der Waals surface area (Å²) in [4.78, 5) is 13.1. The van der Waals surface area contributed by atoms with E-state index in [0.29, 0.717) is 18.1 Å². The molecule has 0 spiro atoms. The Balaban J connectivity index is 2.01. The number of rotatable bonds is 5. The van der Waals surface area contributed by atoms with Gasteiger partial charge in [0.15, 0.2) is 5.69 Å². The van der Waals surface area contributed by atoms with Crippen LogP contribution in [0.2, 0.25) is 0 Å². The third-order valence-corrected chi connectivity index (χ3v) is 3.09. The van der Waals surface area contributed by atoms with Gasteiger partial charge in [-0.15, -0.1) is 10.2 Å². The van der Waals surface area contributed by atoms with Crippen molar-refractivity contribution in [2.75, 3.05) is 31.4 Å². The number of nitrogens with zero attached hydrogens (tertiary/aromatic N) is 3. The first-order valence-electron chi connectivity index (χ1n) is 6.76. The van der Waals surface area contributed by atoms with Crippen LogP contribution in [0.25, 0.3) is 0 Å². The van der Waals surface area contributed by atoms with Gasteiger partial charge in [0.2, 0.25) is 0 Å². The zero-order valence-electron chi connectivity index (χ0n) is 12.7. The van der Waals surface area contributed by atoms with Crippen molar-refractivity contribution in [3.05, 3.63) is 47.4 Å². The Morgan fingerprint density at radius 3 is 2.55 bits per heavy atom. The monoisotopic (exact) mass is 303 g/mol. The van der Waals surface area contributed by atoms with Crippen LogP contribution in [0.3, 0.4) is 0 Å². The fraction of sp³-hybridized carbons (Fsp3) is 0.267. The van der Waals surface area contributed by atoms with Gasteiger partial charge in [-0.1, -0.05) is 6.07 Å². The lowest BCUT2D eigenvalue weighted by Gasteiger charge is -2.14. The number of carbonyl (C=O) groups is 1. The van der Waals surface area contributed by atoms with Crippen LogP contribution in [0.4, 0.5) is 15.9 Å². The molecule has 0 fully saturated rings. The molecule has 2 N–H and O–H groups in total. The molecule has 22 heavy (non-hydrogen) atoms. The lowest BCUT2D eigenvalue weighted by Crippen LogP contribution is -2.19. The number of hydrogen-bond donors (Lipinski definition) is 2. The highest BCUT2D eigenvalue weighted by Crippen LogP contribution is 2.18. The fourth-order valence-corrected chi connectivity index (χ4v) is 1.89. The van der Waals surface area contributed by atoms with Gasteiger partial charge in [0, 0.05) is 27.7 Å². The molecule has 0 aliphatic rings. The zero-order valence-corrected chi connectivity index (χ0v) is 12.7. The van der Waals surface area contributed by atoms with Crippen molar-refractivity contribution < 1.29 is 9.18 Å². The summed E-state index contributed by atoms with van der Waals surface area (Å²) in [5.41, 5.74) is 1.58. The number of carbonyl (C=O) groups excluding carboxylic acids is 1. The summed E-state index contributed by atoms with van der Waals surface area (Å²) < 4.78 is 13.9. The number of amides is 1. The van der Waals surface area contributed by atoms with Gasteiger partial charge >= 0.3 is 0 Å². The molecule has 1 aromatic carbocycles. The minimum atomic E-state index is -0.291. The number of anilines is 2. The van der Waals surface area contributed by atoms with E-state index in [9.17, 15) is 9.18 Å². The van der Waals surface area contributed by atoms with E-state index >= 15 is 0 Å². The van der Waals surface area contributed by atoms with Crippen molar-refractivity contribution in [2.24, 2.45) is 0 Å². The van der Waals surface area contributed by atoms with Crippen molar-refractivity contribution >= 4 is 17.4 Å². The van der Waals surface area contributed by atoms with Crippen LogP contribution >= 0.6 is 0 Å². The van der Waals surface area contributed by atoms with Crippen LogP contribution in [0, 0.1) is 5.82 Å². The molecule has 116 valence electrons. The Bertz CT molecular complexity index is 657. The molecule has 0 saturated carbocycles. The van der Waals surface area contributed by atoms with Crippen molar-refractivity contribution in [3.63, 3.8) is 0 Å². The highest BCUT2D eigenvalue weighted by molar-refractivity contribution is 5.91. The summed E-state index contributed by atoms with van der Waals surface area (Å²) >= 11 is 0. The van der Waals surface area contributed by atoms with Gasteiger partial charge in [-0.3, -0.25) is 4.79 Å². The number of benzene rings is 1. The standard InChI is InChI=1S/C15H18FN5O/c1-17-15(22)12-5-7-14(20-19-12)18-9-10-4-6-13(21(2)3)11(16)8-10/h4-8H,9H2,1-3H3,(H,17,22)(H,18,20). The molecular weight excluding hydrogens is 285 g/mol.